The van der Waals surface area contributed by atoms with Crippen molar-refractivity contribution in [3.8, 4) is 0 Å². The van der Waals surface area contributed by atoms with Crippen molar-refractivity contribution in [1.82, 2.24) is 5.32 Å². The fourth-order valence-electron chi connectivity index (χ4n) is 1.000. The topological polar surface area (TPSA) is 64.3 Å². The Morgan fingerprint density at radius 3 is 3.00 bits per heavy atom. The first-order valence-electron chi connectivity index (χ1n) is 3.33. The summed E-state index contributed by atoms with van der Waals surface area (Å²) in [5.41, 5.74) is 4.95. The minimum Gasteiger partial charge on any atom is -0.441 e. The van der Waals surface area contributed by atoms with Crippen LogP contribution in [0.2, 0.25) is 0 Å². The highest BCUT2D eigenvalue weighted by atomic mass is 16.6. The van der Waals surface area contributed by atoms with Crippen LogP contribution < -0.4 is 11.1 Å². The van der Waals surface area contributed by atoms with E-state index in [9.17, 15) is 4.79 Å². The minimum atomic E-state index is -0.369. The quantitative estimate of drug-likeness (QED) is 0.565. The lowest BCUT2D eigenvalue weighted by molar-refractivity contribution is 0.0672. The van der Waals surface area contributed by atoms with Gasteiger partial charge < -0.3 is 15.8 Å². The van der Waals surface area contributed by atoms with E-state index in [0.717, 1.165) is 0 Å². The Morgan fingerprint density at radius 2 is 2.60 bits per heavy atom. The first kappa shape index (κ1) is 7.34. The average molecular weight is 144 g/mol. The number of carbonyl (C=O) groups is 1. The van der Waals surface area contributed by atoms with E-state index in [0.29, 0.717) is 19.5 Å². The van der Waals surface area contributed by atoms with Gasteiger partial charge in [0.25, 0.3) is 0 Å². The fourth-order valence-corrected chi connectivity index (χ4v) is 1.000. The average Bonchev–Trinajstić information content (AvgIpc) is 2.12. The van der Waals surface area contributed by atoms with Crippen LogP contribution in [0.25, 0.3) is 0 Å². The van der Waals surface area contributed by atoms with E-state index in [1.54, 1.807) is 0 Å². The van der Waals surface area contributed by atoms with Crippen LogP contribution in [0.5, 0.6) is 0 Å². The first-order valence-corrected chi connectivity index (χ1v) is 3.33. The zero-order chi connectivity index (χ0) is 7.61. The van der Waals surface area contributed by atoms with Crippen LogP contribution in [-0.2, 0) is 4.74 Å². The molecule has 1 rings (SSSR count). The number of nitrogens with one attached hydrogen (secondary N) is 1. The van der Waals surface area contributed by atoms with E-state index in [2.05, 4.69) is 5.32 Å². The third-order valence-electron chi connectivity index (χ3n) is 1.62. The molecule has 1 aliphatic heterocycles. The molecule has 1 fully saturated rings. The Morgan fingerprint density at radius 1 is 1.90 bits per heavy atom. The third-order valence-corrected chi connectivity index (χ3v) is 1.62. The number of alkyl carbamates (subject to hydrolysis) is 1. The number of cyclic esters (lactones) is 1. The van der Waals surface area contributed by atoms with E-state index in [-0.39, 0.29) is 11.7 Å². The lowest BCUT2D eigenvalue weighted by Crippen LogP contribution is -2.31. The summed E-state index contributed by atoms with van der Waals surface area (Å²) in [6.45, 7) is 2.99. The largest absolute Gasteiger partial charge is 0.441 e. The number of ether oxygens (including phenoxy) is 1. The van der Waals surface area contributed by atoms with E-state index in [1.807, 2.05) is 6.92 Å². The molecule has 0 aromatic heterocycles. The number of amides is 1. The Kier molecular flexibility index (Phi) is 1.80. The second-order valence-electron chi connectivity index (χ2n) is 2.73. The molecule has 58 valence electrons. The standard InChI is InChI=1S/C6H12N2O2/c1-6(2-3-7)4-8-5(9)10-6/h2-4,7H2,1H3,(H,8,9). The zero-order valence-electron chi connectivity index (χ0n) is 6.02. The molecule has 1 heterocycles. The molecule has 3 N–H and O–H groups in total. The number of carbonyl (C=O) groups excluding carboxylic acids is 1. The van der Waals surface area contributed by atoms with Gasteiger partial charge in [-0.2, -0.15) is 0 Å². The van der Waals surface area contributed by atoms with Crippen molar-refractivity contribution in [3.05, 3.63) is 0 Å². The molecule has 1 atom stereocenters. The lowest BCUT2D eigenvalue weighted by atomic mass is 10.0. The lowest BCUT2D eigenvalue weighted by Gasteiger charge is -2.19. The molecule has 4 nitrogen and oxygen atoms in total. The monoisotopic (exact) mass is 144 g/mol. The van der Waals surface area contributed by atoms with Crippen LogP contribution in [-0.4, -0.2) is 24.8 Å². The van der Waals surface area contributed by atoms with Crippen LogP contribution in [0.4, 0.5) is 4.79 Å². The van der Waals surface area contributed by atoms with Gasteiger partial charge in [0.15, 0.2) is 0 Å². The van der Waals surface area contributed by atoms with Crippen LogP contribution in [0.1, 0.15) is 13.3 Å². The molecule has 0 aromatic rings. The molecule has 0 aromatic carbocycles. The summed E-state index contributed by atoms with van der Waals surface area (Å²) in [5.74, 6) is 0. The van der Waals surface area contributed by atoms with E-state index < -0.39 is 0 Å². The number of hydrogen-bond donors (Lipinski definition) is 2. The summed E-state index contributed by atoms with van der Waals surface area (Å²) in [5, 5.41) is 2.58. The molecule has 0 bridgehead atoms. The van der Waals surface area contributed by atoms with Gasteiger partial charge in [-0.15, -0.1) is 0 Å². The van der Waals surface area contributed by atoms with Crippen LogP contribution in [0.3, 0.4) is 0 Å². The summed E-state index contributed by atoms with van der Waals surface area (Å²) in [4.78, 5) is 10.6. The molecule has 0 radical (unpaired) electrons. The molecular weight excluding hydrogens is 132 g/mol. The maximum atomic E-state index is 10.6. The van der Waals surface area contributed by atoms with Crippen LogP contribution in [0.15, 0.2) is 0 Å². The van der Waals surface area contributed by atoms with Crippen molar-refractivity contribution in [2.24, 2.45) is 5.73 Å². The van der Waals surface area contributed by atoms with E-state index in [4.69, 9.17) is 10.5 Å². The molecule has 0 saturated carbocycles. The number of hydrogen-bond acceptors (Lipinski definition) is 3. The van der Waals surface area contributed by atoms with Crippen LogP contribution >= 0.6 is 0 Å². The Bertz CT molecular complexity index is 149. The zero-order valence-corrected chi connectivity index (χ0v) is 6.02. The smallest absolute Gasteiger partial charge is 0.407 e. The molecule has 10 heavy (non-hydrogen) atoms. The summed E-state index contributed by atoms with van der Waals surface area (Å²) >= 11 is 0. The second kappa shape index (κ2) is 2.46. The van der Waals surface area contributed by atoms with Gasteiger partial charge in [0.05, 0.1) is 6.54 Å². The van der Waals surface area contributed by atoms with Crippen molar-refractivity contribution in [2.75, 3.05) is 13.1 Å². The molecule has 1 unspecified atom stereocenters. The molecule has 0 spiro atoms. The Balaban J connectivity index is 2.46. The highest BCUT2D eigenvalue weighted by Crippen LogP contribution is 2.18. The molecule has 0 aliphatic carbocycles. The Hall–Kier alpha value is -0.770. The summed E-state index contributed by atoms with van der Waals surface area (Å²) in [6, 6.07) is 0. The van der Waals surface area contributed by atoms with Gasteiger partial charge >= 0.3 is 6.09 Å². The van der Waals surface area contributed by atoms with E-state index >= 15 is 0 Å². The summed E-state index contributed by atoms with van der Waals surface area (Å²) < 4.78 is 4.96. The maximum Gasteiger partial charge on any atom is 0.407 e. The highest BCUT2D eigenvalue weighted by molar-refractivity contribution is 5.70. The van der Waals surface area contributed by atoms with Crippen molar-refractivity contribution >= 4 is 6.09 Å². The maximum absolute atomic E-state index is 10.6. The van der Waals surface area contributed by atoms with Crippen molar-refractivity contribution in [1.29, 1.82) is 0 Å². The number of rotatable bonds is 2. The molecule has 1 amide bonds. The molecule has 1 aliphatic rings. The number of nitrogens with two attached hydrogens (primary N) is 1. The van der Waals surface area contributed by atoms with Crippen molar-refractivity contribution in [2.45, 2.75) is 18.9 Å². The van der Waals surface area contributed by atoms with Gasteiger partial charge in [0.2, 0.25) is 0 Å². The SMILES string of the molecule is CC1(CCN)CNC(=O)O1. The van der Waals surface area contributed by atoms with Crippen molar-refractivity contribution < 1.29 is 9.53 Å². The fraction of sp³-hybridized carbons (Fsp3) is 0.833. The molecule has 4 heteroatoms. The van der Waals surface area contributed by atoms with Gasteiger partial charge in [-0.3, -0.25) is 0 Å². The first-order chi connectivity index (χ1) is 4.66. The summed E-state index contributed by atoms with van der Waals surface area (Å²) in [6.07, 6.45) is 0.377. The second-order valence-corrected chi connectivity index (χ2v) is 2.73. The van der Waals surface area contributed by atoms with Crippen LogP contribution in [0, 0.1) is 0 Å². The molecule has 1 saturated heterocycles. The van der Waals surface area contributed by atoms with Crippen molar-refractivity contribution in [3.63, 3.8) is 0 Å². The van der Waals surface area contributed by atoms with Gasteiger partial charge in [-0.25, -0.2) is 4.79 Å². The van der Waals surface area contributed by atoms with E-state index in [1.165, 1.54) is 0 Å². The minimum absolute atomic E-state index is 0.337. The van der Waals surface area contributed by atoms with Gasteiger partial charge in [0.1, 0.15) is 5.60 Å². The predicted octanol–water partition coefficient (Wildman–Crippen LogP) is -0.166. The third kappa shape index (κ3) is 1.39. The Labute approximate surface area is 59.7 Å². The normalized spacial score (nSPS) is 31.6. The van der Waals surface area contributed by atoms with Gasteiger partial charge in [-0.05, 0) is 13.5 Å². The predicted molar refractivity (Wildman–Crippen MR) is 36.6 cm³/mol. The van der Waals surface area contributed by atoms with Gasteiger partial charge in [0, 0.05) is 6.42 Å². The summed E-state index contributed by atoms with van der Waals surface area (Å²) in [7, 11) is 0. The highest BCUT2D eigenvalue weighted by Gasteiger charge is 2.34. The molecular formula is C6H12N2O2. The van der Waals surface area contributed by atoms with Gasteiger partial charge in [-0.1, -0.05) is 0 Å².